The lowest BCUT2D eigenvalue weighted by molar-refractivity contribution is -0.387. The van der Waals surface area contributed by atoms with Crippen molar-refractivity contribution in [3.8, 4) is 0 Å². The highest BCUT2D eigenvalue weighted by atomic mass is 32.2. The van der Waals surface area contributed by atoms with Crippen LogP contribution in [0.15, 0.2) is 23.1 Å². The van der Waals surface area contributed by atoms with E-state index in [1.807, 2.05) is 20.8 Å². The molecule has 0 spiro atoms. The van der Waals surface area contributed by atoms with Crippen molar-refractivity contribution in [2.45, 2.75) is 32.1 Å². The fourth-order valence-electron chi connectivity index (χ4n) is 1.30. The van der Waals surface area contributed by atoms with E-state index in [0.717, 1.165) is 18.6 Å². The second-order valence-corrected chi connectivity index (χ2v) is 6.98. The molecule has 0 atom stereocenters. The maximum absolute atomic E-state index is 13.4. The summed E-state index contributed by atoms with van der Waals surface area (Å²) >= 11 is 0. The third-order valence-electron chi connectivity index (χ3n) is 3.12. The lowest BCUT2D eigenvalue weighted by atomic mass is 9.91. The summed E-state index contributed by atoms with van der Waals surface area (Å²) in [6, 6.07) is 2.51. The first-order valence-electron chi connectivity index (χ1n) is 6.03. The molecule has 0 saturated heterocycles. The molecule has 1 N–H and O–H groups in total. The van der Waals surface area contributed by atoms with Crippen LogP contribution in [0.2, 0.25) is 0 Å². The molecule has 112 valence electrons. The average molecular weight is 304 g/mol. The Morgan fingerprint density at radius 1 is 1.40 bits per heavy atom. The molecule has 0 aliphatic rings. The number of sulfonamides is 1. The summed E-state index contributed by atoms with van der Waals surface area (Å²) in [4.78, 5) is 9.25. The normalized spacial score (nSPS) is 12.4. The average Bonchev–Trinajstić information content (AvgIpc) is 2.36. The molecule has 0 saturated carbocycles. The first-order valence-corrected chi connectivity index (χ1v) is 7.51. The van der Waals surface area contributed by atoms with Crippen LogP contribution in [0, 0.1) is 21.3 Å². The number of rotatable bonds is 6. The fraction of sp³-hybridized carbons (Fsp3) is 0.500. The smallest absolute Gasteiger partial charge is 0.258 e. The van der Waals surface area contributed by atoms with E-state index in [9.17, 15) is 22.9 Å². The Bertz CT molecular complexity index is 614. The van der Waals surface area contributed by atoms with E-state index in [-0.39, 0.29) is 16.9 Å². The monoisotopic (exact) mass is 304 g/mol. The number of benzene rings is 1. The molecule has 1 aromatic carbocycles. The van der Waals surface area contributed by atoms with E-state index in [2.05, 4.69) is 4.72 Å². The lowest BCUT2D eigenvalue weighted by Gasteiger charge is -2.22. The largest absolute Gasteiger partial charge is 0.304 e. The van der Waals surface area contributed by atoms with Gasteiger partial charge in [0.05, 0.1) is 9.82 Å². The van der Waals surface area contributed by atoms with Crippen LogP contribution in [-0.4, -0.2) is 19.9 Å². The van der Waals surface area contributed by atoms with Crippen LogP contribution in [-0.2, 0) is 10.0 Å². The van der Waals surface area contributed by atoms with Gasteiger partial charge in [-0.25, -0.2) is 13.1 Å². The van der Waals surface area contributed by atoms with Crippen molar-refractivity contribution in [1.82, 2.24) is 4.72 Å². The summed E-state index contributed by atoms with van der Waals surface area (Å²) in [5, 5.41) is 10.5. The zero-order valence-electron chi connectivity index (χ0n) is 11.5. The van der Waals surface area contributed by atoms with Gasteiger partial charge in [0.25, 0.3) is 0 Å². The van der Waals surface area contributed by atoms with E-state index in [0.29, 0.717) is 6.07 Å². The highest BCUT2D eigenvalue weighted by molar-refractivity contribution is 7.89. The van der Waals surface area contributed by atoms with Gasteiger partial charge in [-0.3, -0.25) is 10.1 Å². The zero-order chi connectivity index (χ0) is 15.6. The van der Waals surface area contributed by atoms with Crippen molar-refractivity contribution in [3.63, 3.8) is 0 Å². The number of nitrogens with one attached hydrogen (secondary N) is 1. The molecule has 1 rings (SSSR count). The third kappa shape index (κ3) is 3.97. The molecule has 8 heteroatoms. The Morgan fingerprint density at radius 3 is 2.45 bits per heavy atom. The van der Waals surface area contributed by atoms with Gasteiger partial charge in [0, 0.05) is 18.7 Å². The van der Waals surface area contributed by atoms with E-state index in [4.69, 9.17) is 0 Å². The maximum atomic E-state index is 13.4. The molecular weight excluding hydrogens is 287 g/mol. The summed E-state index contributed by atoms with van der Waals surface area (Å²) in [7, 11) is -3.88. The highest BCUT2D eigenvalue weighted by Gasteiger charge is 2.23. The fourth-order valence-corrected chi connectivity index (χ4v) is 2.55. The van der Waals surface area contributed by atoms with E-state index in [1.54, 1.807) is 0 Å². The molecule has 6 nitrogen and oxygen atoms in total. The van der Waals surface area contributed by atoms with Gasteiger partial charge in [-0.15, -0.1) is 0 Å². The standard InChI is InChI=1S/C12H17FN2O4S/c1-4-12(2,3)8-14-20(18,19)9-5-6-11(15(16)17)10(13)7-9/h5-7,14H,4,8H2,1-3H3. The van der Waals surface area contributed by atoms with Gasteiger partial charge >= 0.3 is 5.69 Å². The van der Waals surface area contributed by atoms with Gasteiger partial charge in [0.2, 0.25) is 15.8 Å². The van der Waals surface area contributed by atoms with Crippen molar-refractivity contribution in [2.24, 2.45) is 5.41 Å². The summed E-state index contributed by atoms with van der Waals surface area (Å²) in [5.74, 6) is -1.17. The zero-order valence-corrected chi connectivity index (χ0v) is 12.3. The van der Waals surface area contributed by atoms with E-state index in [1.165, 1.54) is 0 Å². The van der Waals surface area contributed by atoms with Crippen LogP contribution in [0.25, 0.3) is 0 Å². The van der Waals surface area contributed by atoms with Crippen molar-refractivity contribution in [3.05, 3.63) is 34.1 Å². The number of halogens is 1. The van der Waals surface area contributed by atoms with Gasteiger partial charge in [-0.05, 0) is 17.9 Å². The number of nitro benzene ring substituents is 1. The van der Waals surface area contributed by atoms with E-state index >= 15 is 0 Å². The minimum absolute atomic E-state index is 0.199. The summed E-state index contributed by atoms with van der Waals surface area (Å²) in [6.45, 7) is 5.92. The van der Waals surface area contributed by atoms with Gasteiger partial charge < -0.3 is 0 Å². The van der Waals surface area contributed by atoms with Crippen molar-refractivity contribution in [2.75, 3.05) is 6.54 Å². The van der Waals surface area contributed by atoms with Gasteiger partial charge in [-0.2, -0.15) is 4.39 Å². The Labute approximate surface area is 117 Å². The molecule has 1 aromatic rings. The van der Waals surface area contributed by atoms with Crippen molar-refractivity contribution < 1.29 is 17.7 Å². The molecular formula is C12H17FN2O4S. The van der Waals surface area contributed by atoms with Gasteiger partial charge in [0.1, 0.15) is 0 Å². The van der Waals surface area contributed by atoms with E-state index < -0.39 is 26.5 Å². The lowest BCUT2D eigenvalue weighted by Crippen LogP contribution is -2.33. The van der Waals surface area contributed by atoms with Crippen molar-refractivity contribution in [1.29, 1.82) is 0 Å². The highest BCUT2D eigenvalue weighted by Crippen LogP contribution is 2.22. The number of hydrogen-bond acceptors (Lipinski definition) is 4. The number of nitrogens with zero attached hydrogens (tertiary/aromatic N) is 1. The van der Waals surface area contributed by atoms with Crippen LogP contribution in [0.1, 0.15) is 27.2 Å². The molecule has 0 aromatic heterocycles. The van der Waals surface area contributed by atoms with Crippen molar-refractivity contribution >= 4 is 15.7 Å². The molecule has 20 heavy (non-hydrogen) atoms. The molecule has 0 bridgehead atoms. The third-order valence-corrected chi connectivity index (χ3v) is 4.52. The predicted octanol–water partition coefficient (Wildman–Crippen LogP) is 2.45. The Balaban J connectivity index is 2.99. The molecule has 0 aliphatic heterocycles. The van der Waals surface area contributed by atoms with Crippen LogP contribution >= 0.6 is 0 Å². The molecule has 0 fully saturated rings. The predicted molar refractivity (Wildman–Crippen MR) is 72.3 cm³/mol. The molecule has 0 radical (unpaired) electrons. The summed E-state index contributed by atoms with van der Waals surface area (Å²) in [5.41, 5.74) is -0.982. The summed E-state index contributed by atoms with van der Waals surface area (Å²) < 4.78 is 39.8. The number of hydrogen-bond donors (Lipinski definition) is 1. The van der Waals surface area contributed by atoms with Crippen LogP contribution < -0.4 is 4.72 Å². The Hall–Kier alpha value is -1.54. The first-order chi connectivity index (χ1) is 9.09. The minimum atomic E-state index is -3.88. The Kier molecular flexibility index (Phi) is 4.82. The second kappa shape index (κ2) is 5.84. The SMILES string of the molecule is CCC(C)(C)CNS(=O)(=O)c1ccc([N+](=O)[O-])c(F)c1. The van der Waals surface area contributed by atoms with Crippen LogP contribution in [0.4, 0.5) is 10.1 Å². The molecule has 0 aliphatic carbocycles. The topological polar surface area (TPSA) is 89.3 Å². The quantitative estimate of drug-likeness (QED) is 0.645. The first kappa shape index (κ1) is 16.5. The summed E-state index contributed by atoms with van der Waals surface area (Å²) in [6.07, 6.45) is 0.768. The molecule has 0 amide bonds. The van der Waals surface area contributed by atoms with Crippen LogP contribution in [0.5, 0.6) is 0 Å². The van der Waals surface area contributed by atoms with Crippen LogP contribution in [0.3, 0.4) is 0 Å². The number of nitro groups is 1. The molecule has 0 unspecified atom stereocenters. The van der Waals surface area contributed by atoms with Gasteiger partial charge in [0.15, 0.2) is 0 Å². The Morgan fingerprint density at radius 2 is 2.00 bits per heavy atom. The minimum Gasteiger partial charge on any atom is -0.258 e. The maximum Gasteiger partial charge on any atom is 0.304 e. The molecule has 0 heterocycles. The second-order valence-electron chi connectivity index (χ2n) is 5.21. The van der Waals surface area contributed by atoms with Gasteiger partial charge in [-0.1, -0.05) is 20.8 Å².